The number of fused-ring (bicyclic) bond motifs is 1. The lowest BCUT2D eigenvalue weighted by Gasteiger charge is -2.43. The predicted molar refractivity (Wildman–Crippen MR) is 154 cm³/mol. The second-order valence-corrected chi connectivity index (χ2v) is 12.1. The number of nitrogens with one attached hydrogen (secondary N) is 1. The highest BCUT2D eigenvalue weighted by Gasteiger charge is 2.41. The average molecular weight is 574 g/mol. The van der Waals surface area contributed by atoms with Crippen molar-refractivity contribution in [2.24, 2.45) is 0 Å². The fraction of sp³-hybridized carbons (Fsp3) is 0.484. The van der Waals surface area contributed by atoms with E-state index in [9.17, 15) is 22.8 Å². The van der Waals surface area contributed by atoms with Crippen LogP contribution in [0.15, 0.2) is 59.5 Å². The van der Waals surface area contributed by atoms with Gasteiger partial charge in [0.15, 0.2) is 0 Å². The third-order valence-corrected chi connectivity index (χ3v) is 8.97. The molecule has 0 aromatic heterocycles. The van der Waals surface area contributed by atoms with Gasteiger partial charge in [0.1, 0.15) is 6.54 Å². The van der Waals surface area contributed by atoms with Gasteiger partial charge in [-0.15, -0.1) is 11.8 Å². The minimum atomic E-state index is -4.41. The van der Waals surface area contributed by atoms with Crippen LogP contribution in [0.2, 0.25) is 0 Å². The maximum atomic E-state index is 13.5. The molecule has 5 nitrogen and oxygen atoms in total. The zero-order valence-electron chi connectivity index (χ0n) is 23.1. The van der Waals surface area contributed by atoms with E-state index in [1.165, 1.54) is 29.5 Å². The number of benzene rings is 2. The molecule has 2 aromatic rings. The molecule has 4 rings (SSSR count). The molecule has 40 heavy (non-hydrogen) atoms. The predicted octanol–water partition coefficient (Wildman–Crippen LogP) is 6.35. The summed E-state index contributed by atoms with van der Waals surface area (Å²) in [7, 11) is 0. The third-order valence-electron chi connectivity index (χ3n) is 7.57. The van der Waals surface area contributed by atoms with E-state index in [0.717, 1.165) is 57.3 Å². The van der Waals surface area contributed by atoms with E-state index in [-0.39, 0.29) is 29.7 Å². The van der Waals surface area contributed by atoms with Gasteiger partial charge >= 0.3 is 6.18 Å². The Kier molecular flexibility index (Phi) is 10.4. The summed E-state index contributed by atoms with van der Waals surface area (Å²) in [6.07, 6.45) is 1.91. The van der Waals surface area contributed by atoms with E-state index < -0.39 is 11.7 Å². The summed E-state index contributed by atoms with van der Waals surface area (Å²) in [6.45, 7) is 6.54. The minimum Gasteiger partial charge on any atom is -0.355 e. The Morgan fingerprint density at radius 2 is 1.80 bits per heavy atom. The van der Waals surface area contributed by atoms with E-state index in [2.05, 4.69) is 36.2 Å². The van der Waals surface area contributed by atoms with Crippen molar-refractivity contribution in [1.82, 2.24) is 15.1 Å². The highest BCUT2D eigenvalue weighted by molar-refractivity contribution is 8.04. The van der Waals surface area contributed by atoms with Crippen LogP contribution in [0.25, 0.3) is 6.08 Å². The van der Waals surface area contributed by atoms with Gasteiger partial charge in [-0.2, -0.15) is 13.2 Å². The molecular weight excluding hydrogens is 535 g/mol. The Hall–Kier alpha value is -2.78. The first-order valence-electron chi connectivity index (χ1n) is 14.0. The van der Waals surface area contributed by atoms with Crippen molar-refractivity contribution in [1.29, 1.82) is 0 Å². The van der Waals surface area contributed by atoms with E-state index in [1.54, 1.807) is 11.0 Å². The summed E-state index contributed by atoms with van der Waals surface area (Å²) in [5.41, 5.74) is 1.07. The molecule has 2 atom stereocenters. The number of alkyl halides is 3. The molecule has 1 N–H and O–H groups in total. The first kappa shape index (κ1) is 30.2. The lowest BCUT2D eigenvalue weighted by molar-refractivity contribution is -0.137. The summed E-state index contributed by atoms with van der Waals surface area (Å²) in [5, 5.41) is 3.18. The quantitative estimate of drug-likeness (QED) is 0.266. The molecular formula is C31H38F3N3O2S. The first-order valence-corrected chi connectivity index (χ1v) is 14.9. The smallest absolute Gasteiger partial charge is 0.355 e. The van der Waals surface area contributed by atoms with Crippen LogP contribution in [0.1, 0.15) is 62.6 Å². The average Bonchev–Trinajstić information content (AvgIpc) is 2.93. The summed E-state index contributed by atoms with van der Waals surface area (Å²) in [6, 6.07) is 15.5. The van der Waals surface area contributed by atoms with E-state index >= 15 is 0 Å². The molecule has 1 heterocycles. The third kappa shape index (κ3) is 8.13. The summed E-state index contributed by atoms with van der Waals surface area (Å²) >= 11 is 1.50. The Balaban J connectivity index is 1.35. The number of thioether (sulfide) groups is 1. The Morgan fingerprint density at radius 1 is 1.10 bits per heavy atom. The minimum absolute atomic E-state index is 0.0101. The second kappa shape index (κ2) is 13.7. The van der Waals surface area contributed by atoms with Crippen LogP contribution < -0.4 is 5.32 Å². The van der Waals surface area contributed by atoms with Gasteiger partial charge in [0.05, 0.1) is 10.5 Å². The molecule has 0 spiro atoms. The fourth-order valence-corrected chi connectivity index (χ4v) is 6.81. The van der Waals surface area contributed by atoms with E-state index in [4.69, 9.17) is 0 Å². The molecule has 216 valence electrons. The molecule has 2 aromatic carbocycles. The molecule has 1 aliphatic heterocycles. The number of halogens is 3. The Labute approximate surface area is 239 Å². The maximum absolute atomic E-state index is 13.5. The maximum Gasteiger partial charge on any atom is 0.416 e. The van der Waals surface area contributed by atoms with Crippen LogP contribution in [-0.4, -0.2) is 58.6 Å². The molecule has 2 aliphatic rings. The van der Waals surface area contributed by atoms with Gasteiger partial charge in [-0.1, -0.05) is 55.3 Å². The van der Waals surface area contributed by atoms with Crippen molar-refractivity contribution in [3.63, 3.8) is 0 Å². The summed E-state index contributed by atoms with van der Waals surface area (Å²) in [5.74, 6) is -0.408. The molecule has 2 unspecified atom stereocenters. The van der Waals surface area contributed by atoms with E-state index in [0.29, 0.717) is 23.1 Å². The molecule has 0 radical (unpaired) electrons. The van der Waals surface area contributed by atoms with Crippen molar-refractivity contribution >= 4 is 29.7 Å². The molecule has 1 saturated carbocycles. The van der Waals surface area contributed by atoms with Crippen LogP contribution in [-0.2, 0) is 22.3 Å². The molecule has 2 fully saturated rings. The van der Waals surface area contributed by atoms with E-state index in [1.807, 2.05) is 18.2 Å². The fourth-order valence-electron chi connectivity index (χ4n) is 5.34. The second-order valence-electron chi connectivity index (χ2n) is 10.8. The number of rotatable bonds is 10. The van der Waals surface area contributed by atoms with Gasteiger partial charge < -0.3 is 10.2 Å². The van der Waals surface area contributed by atoms with Gasteiger partial charge in [-0.25, -0.2) is 0 Å². The monoisotopic (exact) mass is 573 g/mol. The Morgan fingerprint density at radius 3 is 2.48 bits per heavy atom. The number of amides is 2. The lowest BCUT2D eigenvalue weighted by atomic mass is 9.93. The topological polar surface area (TPSA) is 52.7 Å². The number of nitrogens with zero attached hydrogens (tertiary/aromatic N) is 2. The van der Waals surface area contributed by atoms with Crippen LogP contribution in [0.3, 0.4) is 0 Å². The normalized spacial score (nSPS) is 20.7. The van der Waals surface area contributed by atoms with Gasteiger partial charge in [0, 0.05) is 37.0 Å². The van der Waals surface area contributed by atoms with Crippen LogP contribution in [0.4, 0.5) is 13.2 Å². The lowest BCUT2D eigenvalue weighted by Crippen LogP contribution is -2.54. The number of carbonyl (C=O) groups is 2. The molecule has 0 bridgehead atoms. The van der Waals surface area contributed by atoms with Crippen molar-refractivity contribution in [2.75, 3.05) is 19.6 Å². The van der Waals surface area contributed by atoms with Gasteiger partial charge in [-0.05, 0) is 62.4 Å². The summed E-state index contributed by atoms with van der Waals surface area (Å²) < 4.78 is 38.9. The van der Waals surface area contributed by atoms with Crippen molar-refractivity contribution in [2.45, 2.75) is 76.0 Å². The zero-order chi connectivity index (χ0) is 28.7. The van der Waals surface area contributed by atoms with Gasteiger partial charge in [0.25, 0.3) is 5.91 Å². The van der Waals surface area contributed by atoms with Crippen LogP contribution in [0.5, 0.6) is 0 Å². The highest BCUT2D eigenvalue weighted by atomic mass is 32.2. The molecule has 9 heteroatoms. The number of hydrogen-bond acceptors (Lipinski definition) is 4. The molecule has 2 amide bonds. The zero-order valence-corrected chi connectivity index (χ0v) is 23.9. The number of carbonyl (C=O) groups excluding carboxylic acids is 2. The van der Waals surface area contributed by atoms with Crippen molar-refractivity contribution in [3.8, 4) is 0 Å². The van der Waals surface area contributed by atoms with Gasteiger partial charge in [0.2, 0.25) is 5.91 Å². The molecule has 1 aliphatic carbocycles. The highest BCUT2D eigenvalue weighted by Crippen LogP contribution is 2.42. The largest absolute Gasteiger partial charge is 0.416 e. The molecule has 1 saturated heterocycles. The van der Waals surface area contributed by atoms with Gasteiger partial charge in [-0.3, -0.25) is 14.5 Å². The Bertz CT molecular complexity index is 1170. The summed E-state index contributed by atoms with van der Waals surface area (Å²) in [4.78, 5) is 31.0. The SMILES string of the molecule is CC(C)N(CCCNC(=O)CN1C(=O)/C(=C/c2ccc(C(F)(F)F)cc2)SC2CCCCC21)Cc1ccccc1. The number of hydrogen-bond donors (Lipinski definition) is 1. The van der Waals surface area contributed by atoms with Crippen LogP contribution >= 0.6 is 11.8 Å². The standard InChI is InChI=1S/C31H38F3N3O2S/c1-22(2)36(20-24-9-4-3-5-10-24)18-8-17-35-29(38)21-37-26-11-6-7-12-27(26)40-28(30(37)39)19-23-13-15-25(16-14-23)31(32,33)34/h3-5,9-10,13-16,19,22,26-27H,6-8,11-12,17-18,20-21H2,1-2H3,(H,35,38)/b28-19-. The van der Waals surface area contributed by atoms with Crippen molar-refractivity contribution in [3.05, 3.63) is 76.2 Å². The van der Waals surface area contributed by atoms with Crippen molar-refractivity contribution < 1.29 is 22.8 Å². The van der Waals surface area contributed by atoms with Crippen LogP contribution in [0, 0.1) is 0 Å². The first-order chi connectivity index (χ1) is 19.1.